The van der Waals surface area contributed by atoms with Crippen LogP contribution < -0.4 is 21.7 Å². The molecule has 0 aliphatic rings. The number of hydrogen-bond donors (Lipinski definition) is 6. The van der Waals surface area contributed by atoms with Crippen LogP contribution in [0.4, 0.5) is 0 Å². The molecule has 0 saturated carbocycles. The van der Waals surface area contributed by atoms with Gasteiger partial charge in [-0.3, -0.25) is 14.4 Å². The molecule has 42 heavy (non-hydrogen) atoms. The summed E-state index contributed by atoms with van der Waals surface area (Å²) in [7, 11) is 0. The van der Waals surface area contributed by atoms with Crippen molar-refractivity contribution in [2.24, 2.45) is 17.6 Å². The van der Waals surface area contributed by atoms with Crippen LogP contribution in [0.2, 0.25) is 0 Å². The van der Waals surface area contributed by atoms with Crippen LogP contribution in [-0.2, 0) is 32.0 Å². The highest BCUT2D eigenvalue weighted by atomic mass is 16.4. The number of nitrogens with one attached hydrogen (secondary N) is 4. The molecule has 4 unspecified atom stereocenters. The second-order valence-electron chi connectivity index (χ2n) is 11.6. The number of carboxylic acids is 1. The lowest BCUT2D eigenvalue weighted by Crippen LogP contribution is -2.58. The maximum Gasteiger partial charge on any atom is 0.326 e. The fourth-order valence-corrected chi connectivity index (χ4v) is 4.91. The third kappa shape index (κ3) is 9.44. The van der Waals surface area contributed by atoms with Crippen molar-refractivity contribution in [2.75, 3.05) is 0 Å². The standard InChI is InChI=1S/C32H43N5O5/c1-19(2)14-26(35-29(38)24(33)17-22-18-34-25-13-9-8-12-23(22)25)30(39)36-27(16-21-10-6-5-7-11-21)31(40)37-28(32(41)42)15-20(3)4/h5-13,18-20,24,26-28,34H,14-17,33H2,1-4H3,(H,35,38)(H,36,39)(H,37,40)(H,41,42). The van der Waals surface area contributed by atoms with Gasteiger partial charge in [-0.25, -0.2) is 4.79 Å². The van der Waals surface area contributed by atoms with Crippen LogP contribution >= 0.6 is 0 Å². The Morgan fingerprint density at radius 2 is 1.29 bits per heavy atom. The quantitative estimate of drug-likeness (QED) is 0.162. The Hall–Kier alpha value is -4.18. The first-order chi connectivity index (χ1) is 19.9. The highest BCUT2D eigenvalue weighted by Gasteiger charge is 2.31. The summed E-state index contributed by atoms with van der Waals surface area (Å²) >= 11 is 0. The molecule has 1 heterocycles. The van der Waals surface area contributed by atoms with Crippen LogP contribution in [-0.4, -0.2) is 57.9 Å². The summed E-state index contributed by atoms with van der Waals surface area (Å²) in [6.45, 7) is 7.59. The van der Waals surface area contributed by atoms with Crippen molar-refractivity contribution < 1.29 is 24.3 Å². The molecule has 7 N–H and O–H groups in total. The number of benzene rings is 2. The normalized spacial score (nSPS) is 14.3. The lowest BCUT2D eigenvalue weighted by molar-refractivity contribution is -0.142. The Morgan fingerprint density at radius 1 is 0.738 bits per heavy atom. The Labute approximate surface area is 246 Å². The maximum absolute atomic E-state index is 13.6. The number of amides is 3. The number of aromatic nitrogens is 1. The van der Waals surface area contributed by atoms with Crippen molar-refractivity contribution in [3.8, 4) is 0 Å². The molecule has 0 spiro atoms. The van der Waals surface area contributed by atoms with Crippen LogP contribution in [0.5, 0.6) is 0 Å². The monoisotopic (exact) mass is 577 g/mol. The number of H-pyrrole nitrogens is 1. The molecule has 4 atom stereocenters. The number of nitrogens with two attached hydrogens (primary N) is 1. The number of carbonyl (C=O) groups excluding carboxylic acids is 3. The fraction of sp³-hybridized carbons (Fsp3) is 0.438. The Kier molecular flexibility index (Phi) is 11.7. The number of aliphatic carboxylic acids is 1. The Balaban J connectivity index is 1.75. The van der Waals surface area contributed by atoms with Crippen molar-refractivity contribution in [2.45, 2.75) is 77.5 Å². The van der Waals surface area contributed by atoms with Gasteiger partial charge in [-0.15, -0.1) is 0 Å². The number of fused-ring (bicyclic) bond motifs is 1. The van der Waals surface area contributed by atoms with E-state index in [4.69, 9.17) is 5.73 Å². The molecule has 0 saturated heterocycles. The van der Waals surface area contributed by atoms with Gasteiger partial charge in [-0.05, 0) is 48.3 Å². The first kappa shape index (κ1) is 32.3. The van der Waals surface area contributed by atoms with E-state index in [0.717, 1.165) is 22.0 Å². The number of rotatable bonds is 15. The second kappa shape index (κ2) is 15.2. The molecular formula is C32H43N5O5. The molecule has 10 heteroatoms. The summed E-state index contributed by atoms with van der Waals surface area (Å²) in [5.74, 6) is -2.68. The zero-order chi connectivity index (χ0) is 30.8. The average Bonchev–Trinajstić information content (AvgIpc) is 3.34. The summed E-state index contributed by atoms with van der Waals surface area (Å²) in [6.07, 6.45) is 2.81. The van der Waals surface area contributed by atoms with Gasteiger partial charge in [0.25, 0.3) is 0 Å². The van der Waals surface area contributed by atoms with Gasteiger partial charge in [0.2, 0.25) is 17.7 Å². The number of carboxylic acid groups (broad SMARTS) is 1. The largest absolute Gasteiger partial charge is 0.480 e. The minimum absolute atomic E-state index is 0.0349. The van der Waals surface area contributed by atoms with Crippen molar-refractivity contribution in [1.82, 2.24) is 20.9 Å². The smallest absolute Gasteiger partial charge is 0.326 e. The van der Waals surface area contributed by atoms with E-state index in [1.54, 1.807) is 0 Å². The van der Waals surface area contributed by atoms with Gasteiger partial charge in [-0.2, -0.15) is 0 Å². The first-order valence-corrected chi connectivity index (χ1v) is 14.4. The van der Waals surface area contributed by atoms with Gasteiger partial charge >= 0.3 is 5.97 Å². The second-order valence-corrected chi connectivity index (χ2v) is 11.6. The molecule has 0 aliphatic carbocycles. The summed E-state index contributed by atoms with van der Waals surface area (Å²) in [5, 5.41) is 18.8. The topological polar surface area (TPSA) is 166 Å². The summed E-state index contributed by atoms with van der Waals surface area (Å²) < 4.78 is 0. The summed E-state index contributed by atoms with van der Waals surface area (Å²) in [6, 6.07) is 12.9. The lowest BCUT2D eigenvalue weighted by Gasteiger charge is -2.26. The molecule has 0 fully saturated rings. The van der Waals surface area contributed by atoms with Crippen LogP contribution in [0.25, 0.3) is 10.9 Å². The first-order valence-electron chi connectivity index (χ1n) is 14.4. The van der Waals surface area contributed by atoms with E-state index >= 15 is 0 Å². The third-order valence-corrected chi connectivity index (χ3v) is 7.03. The van der Waals surface area contributed by atoms with E-state index in [2.05, 4.69) is 20.9 Å². The molecule has 0 bridgehead atoms. The van der Waals surface area contributed by atoms with Gasteiger partial charge in [0, 0.05) is 23.5 Å². The highest BCUT2D eigenvalue weighted by Crippen LogP contribution is 2.19. The van der Waals surface area contributed by atoms with Crippen LogP contribution in [0.1, 0.15) is 51.7 Å². The molecule has 2 aromatic carbocycles. The molecule has 0 radical (unpaired) electrons. The number of para-hydroxylation sites is 1. The molecule has 226 valence electrons. The Morgan fingerprint density at radius 3 is 1.93 bits per heavy atom. The Bertz CT molecular complexity index is 1350. The maximum atomic E-state index is 13.6. The predicted octanol–water partition coefficient (Wildman–Crippen LogP) is 2.91. The highest BCUT2D eigenvalue weighted by molar-refractivity contribution is 5.94. The molecule has 3 aromatic rings. The van der Waals surface area contributed by atoms with E-state index < -0.39 is 47.9 Å². The molecular weight excluding hydrogens is 534 g/mol. The molecule has 10 nitrogen and oxygen atoms in total. The van der Waals surface area contributed by atoms with Gasteiger partial charge in [0.15, 0.2) is 0 Å². The van der Waals surface area contributed by atoms with E-state index in [-0.39, 0.29) is 31.1 Å². The van der Waals surface area contributed by atoms with Gasteiger partial charge in [-0.1, -0.05) is 76.2 Å². The fourth-order valence-electron chi connectivity index (χ4n) is 4.91. The van der Waals surface area contributed by atoms with Crippen molar-refractivity contribution in [3.63, 3.8) is 0 Å². The van der Waals surface area contributed by atoms with Crippen LogP contribution in [0.15, 0.2) is 60.8 Å². The van der Waals surface area contributed by atoms with E-state index in [9.17, 15) is 24.3 Å². The van der Waals surface area contributed by atoms with Gasteiger partial charge in [0.05, 0.1) is 6.04 Å². The average molecular weight is 578 g/mol. The van der Waals surface area contributed by atoms with Crippen LogP contribution in [0, 0.1) is 11.8 Å². The molecule has 0 aliphatic heterocycles. The van der Waals surface area contributed by atoms with Crippen molar-refractivity contribution in [1.29, 1.82) is 0 Å². The van der Waals surface area contributed by atoms with E-state index in [1.807, 2.05) is 88.5 Å². The number of aromatic amines is 1. The lowest BCUT2D eigenvalue weighted by atomic mass is 9.99. The third-order valence-electron chi connectivity index (χ3n) is 7.03. The van der Waals surface area contributed by atoms with E-state index in [0.29, 0.717) is 6.42 Å². The van der Waals surface area contributed by atoms with E-state index in [1.165, 1.54) is 0 Å². The van der Waals surface area contributed by atoms with Crippen molar-refractivity contribution in [3.05, 3.63) is 71.9 Å². The van der Waals surface area contributed by atoms with Crippen molar-refractivity contribution >= 4 is 34.6 Å². The number of carbonyl (C=O) groups is 4. The summed E-state index contributed by atoms with van der Waals surface area (Å²) in [5.41, 5.74) is 8.90. The molecule has 1 aromatic heterocycles. The zero-order valence-corrected chi connectivity index (χ0v) is 24.7. The summed E-state index contributed by atoms with van der Waals surface area (Å²) in [4.78, 5) is 55.1. The minimum Gasteiger partial charge on any atom is -0.480 e. The predicted molar refractivity (Wildman–Crippen MR) is 162 cm³/mol. The molecule has 3 amide bonds. The minimum atomic E-state index is -1.14. The van der Waals surface area contributed by atoms with Gasteiger partial charge < -0.3 is 31.8 Å². The zero-order valence-electron chi connectivity index (χ0n) is 24.7. The number of hydrogen-bond acceptors (Lipinski definition) is 5. The SMILES string of the molecule is CC(C)CC(NC(=O)C(Cc1ccccc1)NC(=O)C(CC(C)C)NC(=O)C(N)Cc1c[nH]c2ccccc12)C(=O)O. The van der Waals surface area contributed by atoms with Gasteiger partial charge in [0.1, 0.15) is 18.1 Å². The van der Waals surface area contributed by atoms with Crippen LogP contribution in [0.3, 0.4) is 0 Å². The molecule has 3 rings (SSSR count).